The van der Waals surface area contributed by atoms with Crippen molar-refractivity contribution in [2.24, 2.45) is 0 Å². The van der Waals surface area contributed by atoms with Crippen LogP contribution in [0.15, 0.2) is 53.4 Å². The molecule has 162 valence electrons. The molecule has 31 heavy (non-hydrogen) atoms. The van der Waals surface area contributed by atoms with Crippen molar-refractivity contribution in [1.29, 1.82) is 0 Å². The number of amides is 1. The Morgan fingerprint density at radius 1 is 1.06 bits per heavy atom. The van der Waals surface area contributed by atoms with E-state index < -0.39 is 35.0 Å². The first-order valence-corrected chi connectivity index (χ1v) is 9.85. The number of rotatable bonds is 6. The van der Waals surface area contributed by atoms with Crippen molar-refractivity contribution in [3.8, 4) is 17.4 Å². The lowest BCUT2D eigenvalue weighted by atomic mass is 10.2. The van der Waals surface area contributed by atoms with Gasteiger partial charge in [0.15, 0.2) is 17.2 Å². The number of hydrogen-bond acceptors (Lipinski definition) is 6. The van der Waals surface area contributed by atoms with E-state index >= 15 is 0 Å². The fraction of sp³-hybridized carbons (Fsp3) is 0.150. The van der Waals surface area contributed by atoms with Gasteiger partial charge < -0.3 is 14.8 Å². The van der Waals surface area contributed by atoms with Gasteiger partial charge in [0.1, 0.15) is 11.4 Å². The smallest absolute Gasteiger partial charge is 0.435 e. The molecule has 1 aromatic heterocycles. The molecule has 1 N–H and O–H groups in total. The fourth-order valence-corrected chi connectivity index (χ4v) is 2.95. The molecule has 3 rings (SSSR count). The van der Waals surface area contributed by atoms with Crippen molar-refractivity contribution in [3.05, 3.63) is 65.6 Å². The number of carbonyl (C=O) groups excluding carboxylic acids is 1. The maximum absolute atomic E-state index is 13.6. The van der Waals surface area contributed by atoms with Gasteiger partial charge in [-0.2, -0.15) is 13.2 Å². The third kappa shape index (κ3) is 5.43. The summed E-state index contributed by atoms with van der Waals surface area (Å²) >= 11 is 1.43. The second-order valence-electron chi connectivity index (χ2n) is 6.03. The number of methoxy groups -OCH3 is 1. The van der Waals surface area contributed by atoms with Crippen LogP contribution in [0.5, 0.6) is 17.4 Å². The minimum absolute atomic E-state index is 0.0853. The monoisotopic (exact) mass is 453 g/mol. The molecule has 0 saturated carbocycles. The summed E-state index contributed by atoms with van der Waals surface area (Å²) in [5.74, 6) is -2.24. The van der Waals surface area contributed by atoms with Gasteiger partial charge >= 0.3 is 6.18 Å². The zero-order chi connectivity index (χ0) is 22.6. The molecule has 1 amide bonds. The van der Waals surface area contributed by atoms with Crippen LogP contribution >= 0.6 is 11.8 Å². The van der Waals surface area contributed by atoms with Crippen molar-refractivity contribution < 1.29 is 31.8 Å². The lowest BCUT2D eigenvalue weighted by Crippen LogP contribution is -2.18. The maximum atomic E-state index is 13.6. The molecule has 0 unspecified atom stereocenters. The molecule has 11 heteroatoms. The number of hydrogen-bond donors (Lipinski definition) is 1. The summed E-state index contributed by atoms with van der Waals surface area (Å²) in [5.41, 5.74) is -1.56. The van der Waals surface area contributed by atoms with Gasteiger partial charge in [-0.3, -0.25) is 4.79 Å². The Morgan fingerprint density at radius 2 is 1.84 bits per heavy atom. The topological polar surface area (TPSA) is 73.3 Å². The first-order chi connectivity index (χ1) is 14.7. The highest BCUT2D eigenvalue weighted by molar-refractivity contribution is 7.98. The highest BCUT2D eigenvalue weighted by Crippen LogP contribution is 2.35. The number of anilines is 1. The molecular weight excluding hydrogens is 438 g/mol. The van der Waals surface area contributed by atoms with Crippen molar-refractivity contribution in [2.45, 2.75) is 11.1 Å². The Labute approximate surface area is 178 Å². The van der Waals surface area contributed by atoms with Gasteiger partial charge in [0.05, 0.1) is 7.11 Å². The van der Waals surface area contributed by atoms with Gasteiger partial charge in [-0.25, -0.2) is 4.39 Å². The molecule has 2 aromatic carbocycles. The van der Waals surface area contributed by atoms with Crippen molar-refractivity contribution in [2.75, 3.05) is 18.7 Å². The van der Waals surface area contributed by atoms with Gasteiger partial charge in [-0.15, -0.1) is 22.0 Å². The first kappa shape index (κ1) is 22.3. The van der Waals surface area contributed by atoms with Crippen LogP contribution in [0, 0.1) is 5.82 Å². The van der Waals surface area contributed by atoms with E-state index in [0.29, 0.717) is 11.8 Å². The molecule has 0 radical (unpaired) electrons. The highest BCUT2D eigenvalue weighted by atomic mass is 32.2. The lowest BCUT2D eigenvalue weighted by Gasteiger charge is -2.14. The van der Waals surface area contributed by atoms with Gasteiger partial charge in [0, 0.05) is 16.6 Å². The number of alkyl halides is 3. The predicted molar refractivity (Wildman–Crippen MR) is 106 cm³/mol. The molecule has 0 aliphatic carbocycles. The van der Waals surface area contributed by atoms with Crippen LogP contribution in [0.4, 0.5) is 23.2 Å². The second-order valence-corrected chi connectivity index (χ2v) is 6.91. The summed E-state index contributed by atoms with van der Waals surface area (Å²) in [4.78, 5) is 13.6. The number of nitrogens with zero attached hydrogens (tertiary/aromatic N) is 2. The highest BCUT2D eigenvalue weighted by Gasteiger charge is 2.35. The average Bonchev–Trinajstić information content (AvgIpc) is 2.73. The Bertz CT molecular complexity index is 1110. The largest absolute Gasteiger partial charge is 0.493 e. The van der Waals surface area contributed by atoms with E-state index in [4.69, 9.17) is 9.47 Å². The summed E-state index contributed by atoms with van der Waals surface area (Å²) in [6.45, 7) is 0. The summed E-state index contributed by atoms with van der Waals surface area (Å²) in [5, 5.41) is 9.00. The Hall–Kier alpha value is -3.34. The Balaban J connectivity index is 2.01. The van der Waals surface area contributed by atoms with Crippen LogP contribution in [-0.4, -0.2) is 29.5 Å². The summed E-state index contributed by atoms with van der Waals surface area (Å²) in [6.07, 6.45) is -3.00. The predicted octanol–water partition coefficient (Wildman–Crippen LogP) is 5.41. The number of thioether (sulfide) groups is 1. The van der Waals surface area contributed by atoms with E-state index in [1.54, 1.807) is 24.3 Å². The number of aromatic nitrogens is 2. The lowest BCUT2D eigenvalue weighted by molar-refractivity contribution is -0.141. The zero-order valence-electron chi connectivity index (χ0n) is 16.2. The van der Waals surface area contributed by atoms with Gasteiger partial charge in [-0.1, -0.05) is 6.07 Å². The van der Waals surface area contributed by atoms with Crippen LogP contribution in [0.25, 0.3) is 0 Å². The number of carbonyl (C=O) groups is 1. The molecule has 0 aliphatic rings. The van der Waals surface area contributed by atoms with E-state index in [-0.39, 0.29) is 11.5 Å². The van der Waals surface area contributed by atoms with Crippen molar-refractivity contribution in [1.82, 2.24) is 10.2 Å². The molecule has 6 nitrogen and oxygen atoms in total. The van der Waals surface area contributed by atoms with Crippen LogP contribution < -0.4 is 14.8 Å². The Kier molecular flexibility index (Phi) is 6.64. The van der Waals surface area contributed by atoms with Crippen molar-refractivity contribution >= 4 is 23.4 Å². The molecule has 0 atom stereocenters. The third-order valence-corrected chi connectivity index (χ3v) is 4.68. The van der Waals surface area contributed by atoms with Crippen molar-refractivity contribution in [3.63, 3.8) is 0 Å². The fourth-order valence-electron chi connectivity index (χ4n) is 2.49. The number of halogens is 4. The van der Waals surface area contributed by atoms with Crippen LogP contribution in [-0.2, 0) is 6.18 Å². The molecule has 0 saturated heterocycles. The number of benzene rings is 2. The molecule has 0 spiro atoms. The van der Waals surface area contributed by atoms with Crippen LogP contribution in [0.2, 0.25) is 0 Å². The minimum atomic E-state index is -4.84. The first-order valence-electron chi connectivity index (χ1n) is 8.63. The maximum Gasteiger partial charge on any atom is 0.435 e. The zero-order valence-corrected chi connectivity index (χ0v) is 17.0. The molecule has 0 fully saturated rings. The quantitative estimate of drug-likeness (QED) is 0.398. The van der Waals surface area contributed by atoms with E-state index in [1.807, 2.05) is 6.26 Å². The molecule has 0 aliphatic heterocycles. The molecule has 0 bridgehead atoms. The van der Waals surface area contributed by atoms with E-state index in [2.05, 4.69) is 15.5 Å². The van der Waals surface area contributed by atoms with Gasteiger partial charge in [0.2, 0.25) is 0 Å². The molecular formula is C20H15F4N3O3S. The van der Waals surface area contributed by atoms with Gasteiger partial charge in [-0.05, 0) is 42.7 Å². The van der Waals surface area contributed by atoms with Crippen LogP contribution in [0.3, 0.4) is 0 Å². The summed E-state index contributed by atoms with van der Waals surface area (Å²) < 4.78 is 63.5. The van der Waals surface area contributed by atoms with E-state index in [1.165, 1.54) is 24.9 Å². The van der Waals surface area contributed by atoms with Crippen LogP contribution in [0.1, 0.15) is 16.1 Å². The normalized spacial score (nSPS) is 11.2. The average molecular weight is 453 g/mol. The standard InChI is InChI=1S/C20H15F4N3O3S/c1-29-15-7-6-11(21)8-16(15)30-19-14(10-17(26-27-19)20(22,23)24)18(28)25-12-4-3-5-13(9-12)31-2/h3-10H,1-2H3,(H,25,28). The summed E-state index contributed by atoms with van der Waals surface area (Å²) in [6, 6.07) is 10.5. The second kappa shape index (κ2) is 9.21. The Morgan fingerprint density at radius 3 is 2.52 bits per heavy atom. The minimum Gasteiger partial charge on any atom is -0.493 e. The third-order valence-electron chi connectivity index (χ3n) is 3.95. The SMILES string of the molecule is COc1ccc(F)cc1Oc1nnc(C(F)(F)F)cc1C(=O)Nc1cccc(SC)c1. The number of ether oxygens (including phenoxy) is 2. The van der Waals surface area contributed by atoms with Gasteiger partial charge in [0.25, 0.3) is 11.8 Å². The van der Waals surface area contributed by atoms with E-state index in [9.17, 15) is 22.4 Å². The summed E-state index contributed by atoms with van der Waals surface area (Å²) in [7, 11) is 1.30. The molecule has 3 aromatic rings. The molecule has 1 heterocycles. The van der Waals surface area contributed by atoms with E-state index in [0.717, 1.165) is 17.0 Å². The number of nitrogens with one attached hydrogen (secondary N) is 1.